The molecule has 1 saturated carbocycles. The Bertz CT molecular complexity index is 736. The summed E-state index contributed by atoms with van der Waals surface area (Å²) in [5, 5.41) is 14.6. The molecule has 0 unspecified atom stereocenters. The van der Waals surface area contributed by atoms with Gasteiger partial charge in [0, 0.05) is 17.3 Å². The number of aryl methyl sites for hydroxylation is 1. The maximum atomic E-state index is 11.9. The summed E-state index contributed by atoms with van der Waals surface area (Å²) in [6, 6.07) is 3.11. The minimum Gasteiger partial charge on any atom is -0.335 e. The highest BCUT2D eigenvalue weighted by molar-refractivity contribution is 8.00. The lowest BCUT2D eigenvalue weighted by molar-refractivity contribution is -0.117. The van der Waals surface area contributed by atoms with Crippen LogP contribution in [0.1, 0.15) is 54.2 Å². The SMILES string of the molecule is CC(=O)c1cc(C#N)c(SCC(=O)NC(=O)NC2CCCC2)nc1C. The molecule has 1 aliphatic carbocycles. The van der Waals surface area contributed by atoms with Gasteiger partial charge in [0.1, 0.15) is 11.1 Å². The van der Waals surface area contributed by atoms with Crippen LogP contribution in [0.4, 0.5) is 4.79 Å². The van der Waals surface area contributed by atoms with Gasteiger partial charge in [-0.05, 0) is 32.8 Å². The van der Waals surface area contributed by atoms with E-state index in [1.54, 1.807) is 6.92 Å². The van der Waals surface area contributed by atoms with E-state index in [1.165, 1.54) is 13.0 Å². The molecule has 0 spiro atoms. The second-order valence-corrected chi connectivity index (χ2v) is 6.90. The van der Waals surface area contributed by atoms with Gasteiger partial charge in [0.05, 0.1) is 11.3 Å². The maximum absolute atomic E-state index is 11.9. The minimum absolute atomic E-state index is 0.0430. The third-order valence-corrected chi connectivity index (χ3v) is 4.95. The van der Waals surface area contributed by atoms with Crippen LogP contribution in [-0.4, -0.2) is 34.5 Å². The molecule has 1 aromatic heterocycles. The van der Waals surface area contributed by atoms with Crippen molar-refractivity contribution in [2.45, 2.75) is 50.6 Å². The van der Waals surface area contributed by atoms with E-state index < -0.39 is 11.9 Å². The van der Waals surface area contributed by atoms with Crippen LogP contribution >= 0.6 is 11.8 Å². The van der Waals surface area contributed by atoms with Gasteiger partial charge >= 0.3 is 6.03 Å². The number of aromatic nitrogens is 1. The molecule has 2 N–H and O–H groups in total. The molecule has 132 valence electrons. The number of Topliss-reactive ketones (excluding diaryl/α,β-unsaturated/α-hetero) is 1. The first-order valence-corrected chi connectivity index (χ1v) is 9.05. The van der Waals surface area contributed by atoms with Crippen molar-refractivity contribution in [3.8, 4) is 6.07 Å². The molecule has 25 heavy (non-hydrogen) atoms. The van der Waals surface area contributed by atoms with Gasteiger partial charge in [-0.15, -0.1) is 0 Å². The van der Waals surface area contributed by atoms with Gasteiger partial charge < -0.3 is 5.32 Å². The Hall–Kier alpha value is -2.40. The molecule has 8 heteroatoms. The van der Waals surface area contributed by atoms with E-state index in [9.17, 15) is 19.6 Å². The predicted molar refractivity (Wildman–Crippen MR) is 93.3 cm³/mol. The lowest BCUT2D eigenvalue weighted by atomic mass is 10.1. The molecule has 1 heterocycles. The van der Waals surface area contributed by atoms with E-state index in [0.29, 0.717) is 16.3 Å². The van der Waals surface area contributed by atoms with Crippen molar-refractivity contribution in [2.75, 3.05) is 5.75 Å². The van der Waals surface area contributed by atoms with Crippen molar-refractivity contribution < 1.29 is 14.4 Å². The molecule has 1 aromatic rings. The average Bonchev–Trinajstić information content (AvgIpc) is 3.05. The largest absolute Gasteiger partial charge is 0.335 e. The number of thioether (sulfide) groups is 1. The van der Waals surface area contributed by atoms with Gasteiger partial charge in [-0.25, -0.2) is 9.78 Å². The van der Waals surface area contributed by atoms with Crippen LogP contribution in [0.15, 0.2) is 11.1 Å². The van der Waals surface area contributed by atoms with Crippen LogP contribution in [0.25, 0.3) is 0 Å². The lowest BCUT2D eigenvalue weighted by Gasteiger charge is -2.12. The Balaban J connectivity index is 1.92. The Morgan fingerprint density at radius 1 is 1.36 bits per heavy atom. The van der Waals surface area contributed by atoms with Crippen molar-refractivity contribution in [1.29, 1.82) is 5.26 Å². The second kappa shape index (κ2) is 8.62. The monoisotopic (exact) mass is 360 g/mol. The van der Waals surface area contributed by atoms with E-state index in [4.69, 9.17) is 0 Å². The molecule has 3 amide bonds. The van der Waals surface area contributed by atoms with Crippen LogP contribution < -0.4 is 10.6 Å². The van der Waals surface area contributed by atoms with Crippen molar-refractivity contribution in [3.05, 3.63) is 22.9 Å². The molecule has 0 bridgehead atoms. The molecular weight excluding hydrogens is 340 g/mol. The van der Waals surface area contributed by atoms with Crippen molar-refractivity contribution >= 4 is 29.5 Å². The van der Waals surface area contributed by atoms with Crippen molar-refractivity contribution in [3.63, 3.8) is 0 Å². The van der Waals surface area contributed by atoms with Crippen LogP contribution in [0.3, 0.4) is 0 Å². The van der Waals surface area contributed by atoms with E-state index in [0.717, 1.165) is 37.4 Å². The maximum Gasteiger partial charge on any atom is 0.321 e. The molecule has 0 atom stereocenters. The van der Waals surface area contributed by atoms with E-state index in [-0.39, 0.29) is 23.1 Å². The zero-order chi connectivity index (χ0) is 18.4. The molecule has 0 aliphatic heterocycles. The lowest BCUT2D eigenvalue weighted by Crippen LogP contribution is -2.44. The number of rotatable bonds is 5. The number of ketones is 1. The highest BCUT2D eigenvalue weighted by atomic mass is 32.2. The summed E-state index contributed by atoms with van der Waals surface area (Å²) in [6.07, 6.45) is 4.06. The van der Waals surface area contributed by atoms with Crippen LogP contribution in [0.2, 0.25) is 0 Å². The zero-order valence-electron chi connectivity index (χ0n) is 14.2. The third kappa shape index (κ3) is 5.29. The normalized spacial score (nSPS) is 14.0. The second-order valence-electron chi connectivity index (χ2n) is 5.93. The number of amides is 3. The van der Waals surface area contributed by atoms with Gasteiger partial charge in [-0.3, -0.25) is 14.9 Å². The number of carbonyl (C=O) groups excluding carboxylic acids is 3. The number of pyridine rings is 1. The predicted octanol–water partition coefficient (Wildman–Crippen LogP) is 2.32. The number of nitrogens with zero attached hydrogens (tertiary/aromatic N) is 2. The summed E-state index contributed by atoms with van der Waals surface area (Å²) in [7, 11) is 0. The smallest absolute Gasteiger partial charge is 0.321 e. The zero-order valence-corrected chi connectivity index (χ0v) is 15.0. The first-order chi connectivity index (χ1) is 11.9. The number of urea groups is 1. The van der Waals surface area contributed by atoms with Crippen LogP contribution in [0.5, 0.6) is 0 Å². The molecular formula is C17H20N4O3S. The standard InChI is InChI=1S/C17H20N4O3S/c1-10-14(11(2)22)7-12(8-18)16(19-10)25-9-15(23)21-17(24)20-13-5-3-4-6-13/h7,13H,3-6,9H2,1-2H3,(H2,20,21,23,24). The van der Waals surface area contributed by atoms with Crippen molar-refractivity contribution in [2.24, 2.45) is 0 Å². The Labute approximate surface area is 150 Å². The van der Waals surface area contributed by atoms with Crippen molar-refractivity contribution in [1.82, 2.24) is 15.6 Å². The number of hydrogen-bond acceptors (Lipinski definition) is 6. The van der Waals surface area contributed by atoms with Crippen LogP contribution in [0, 0.1) is 18.3 Å². The molecule has 1 fully saturated rings. The highest BCUT2D eigenvalue weighted by Crippen LogP contribution is 2.23. The summed E-state index contributed by atoms with van der Waals surface area (Å²) in [5.41, 5.74) is 1.14. The number of hydrogen-bond donors (Lipinski definition) is 2. The first kappa shape index (κ1) is 18.9. The topological polar surface area (TPSA) is 112 Å². The van der Waals surface area contributed by atoms with Gasteiger partial charge in [-0.1, -0.05) is 24.6 Å². The number of nitriles is 1. The molecule has 2 rings (SSSR count). The van der Waals surface area contributed by atoms with Gasteiger partial charge in [0.2, 0.25) is 5.91 Å². The highest BCUT2D eigenvalue weighted by Gasteiger charge is 2.19. The fourth-order valence-electron chi connectivity index (χ4n) is 2.72. The molecule has 7 nitrogen and oxygen atoms in total. The van der Waals surface area contributed by atoms with E-state index >= 15 is 0 Å². The summed E-state index contributed by atoms with van der Waals surface area (Å²) in [5.74, 6) is -0.669. The van der Waals surface area contributed by atoms with Gasteiger partial charge in [-0.2, -0.15) is 5.26 Å². The summed E-state index contributed by atoms with van der Waals surface area (Å²) < 4.78 is 0. The summed E-state index contributed by atoms with van der Waals surface area (Å²) in [4.78, 5) is 39.4. The van der Waals surface area contributed by atoms with Gasteiger partial charge in [0.25, 0.3) is 0 Å². The fourth-order valence-corrected chi connectivity index (χ4v) is 3.52. The number of carbonyl (C=O) groups is 3. The van der Waals surface area contributed by atoms with Gasteiger partial charge in [0.15, 0.2) is 5.78 Å². The van der Waals surface area contributed by atoms with E-state index in [1.807, 2.05) is 6.07 Å². The fraction of sp³-hybridized carbons (Fsp3) is 0.471. The summed E-state index contributed by atoms with van der Waals surface area (Å²) >= 11 is 1.06. The van der Waals surface area contributed by atoms with Crippen LogP contribution in [-0.2, 0) is 4.79 Å². The number of imide groups is 1. The van der Waals surface area contributed by atoms with E-state index in [2.05, 4.69) is 15.6 Å². The number of nitrogens with one attached hydrogen (secondary N) is 2. The average molecular weight is 360 g/mol. The quantitative estimate of drug-likeness (QED) is 0.615. The molecule has 1 aliphatic rings. The first-order valence-electron chi connectivity index (χ1n) is 8.06. The summed E-state index contributed by atoms with van der Waals surface area (Å²) in [6.45, 7) is 3.09. The molecule has 0 radical (unpaired) electrons. The Kier molecular flexibility index (Phi) is 6.53. The Morgan fingerprint density at radius 2 is 2.04 bits per heavy atom. The minimum atomic E-state index is -0.492. The Morgan fingerprint density at radius 3 is 2.64 bits per heavy atom. The molecule has 0 aromatic carbocycles. The molecule has 0 saturated heterocycles. The third-order valence-electron chi connectivity index (χ3n) is 3.96.